The highest BCUT2D eigenvalue weighted by Crippen LogP contribution is 2.38. The topological polar surface area (TPSA) is 43.8 Å². The summed E-state index contributed by atoms with van der Waals surface area (Å²) in [6, 6.07) is 0. The van der Waals surface area contributed by atoms with Crippen LogP contribution in [0.15, 0.2) is 4.47 Å². The normalized spacial score (nSPS) is 16.0. The van der Waals surface area contributed by atoms with Crippen molar-refractivity contribution < 1.29 is 4.39 Å². The van der Waals surface area contributed by atoms with E-state index in [1.54, 1.807) is 4.68 Å². The molecule has 3 nitrogen and oxygen atoms in total. The van der Waals surface area contributed by atoms with E-state index in [0.29, 0.717) is 0 Å². The Morgan fingerprint density at radius 3 is 2.24 bits per heavy atom. The van der Waals surface area contributed by atoms with Crippen LogP contribution in [0.1, 0.15) is 32.2 Å². The number of hydrogen-bond donors (Lipinski definition) is 1. The zero-order chi connectivity index (χ0) is 13.4. The Morgan fingerprint density at radius 1 is 1.41 bits per heavy atom. The third kappa shape index (κ3) is 2.71. The van der Waals surface area contributed by atoms with Gasteiger partial charge in [0, 0.05) is 20.0 Å². The molecule has 2 N–H and O–H groups in total. The quantitative estimate of drug-likeness (QED) is 0.933. The molecule has 1 aromatic heterocycles. The molecule has 0 aliphatic rings. The lowest BCUT2D eigenvalue weighted by Gasteiger charge is -2.37. The maximum Gasteiger partial charge on any atom is 0.133 e. The van der Waals surface area contributed by atoms with Crippen LogP contribution in [0.2, 0.25) is 0 Å². The molecule has 0 spiro atoms. The van der Waals surface area contributed by atoms with Gasteiger partial charge in [0.05, 0.1) is 15.9 Å². The first-order chi connectivity index (χ1) is 7.62. The van der Waals surface area contributed by atoms with E-state index in [1.165, 1.54) is 0 Å². The highest BCUT2D eigenvalue weighted by atomic mass is 79.9. The smallest absolute Gasteiger partial charge is 0.133 e. The number of rotatable bonds is 3. The molecule has 1 rings (SSSR count). The van der Waals surface area contributed by atoms with Crippen molar-refractivity contribution in [3.05, 3.63) is 15.9 Å². The average molecular weight is 306 g/mol. The van der Waals surface area contributed by atoms with Crippen molar-refractivity contribution in [2.75, 3.05) is 6.54 Å². The van der Waals surface area contributed by atoms with Gasteiger partial charge in [-0.05, 0) is 28.3 Å². The fraction of sp³-hybridized carbons (Fsp3) is 0.750. The van der Waals surface area contributed by atoms with E-state index in [4.69, 9.17) is 5.73 Å². The van der Waals surface area contributed by atoms with Crippen LogP contribution in [-0.4, -0.2) is 22.0 Å². The summed E-state index contributed by atoms with van der Waals surface area (Å²) >= 11 is 3.46. The third-order valence-electron chi connectivity index (χ3n) is 3.38. The molecule has 0 aromatic carbocycles. The first-order valence-corrected chi connectivity index (χ1v) is 6.48. The zero-order valence-corrected chi connectivity index (χ0v) is 12.7. The van der Waals surface area contributed by atoms with Crippen LogP contribution in [0.4, 0.5) is 4.39 Å². The largest absolute Gasteiger partial charge is 0.327 e. The van der Waals surface area contributed by atoms with Crippen LogP contribution in [0.5, 0.6) is 0 Å². The van der Waals surface area contributed by atoms with Crippen molar-refractivity contribution in [1.29, 1.82) is 0 Å². The summed E-state index contributed by atoms with van der Waals surface area (Å²) in [5, 5.41) is 4.27. The fourth-order valence-corrected chi connectivity index (χ4v) is 2.26. The fourth-order valence-electron chi connectivity index (χ4n) is 1.78. The van der Waals surface area contributed by atoms with E-state index < -0.39 is 11.1 Å². The van der Waals surface area contributed by atoms with E-state index in [1.807, 2.05) is 34.7 Å². The number of aromatic nitrogens is 2. The molecule has 0 radical (unpaired) electrons. The van der Waals surface area contributed by atoms with Gasteiger partial charge in [-0.1, -0.05) is 20.8 Å². The molecule has 0 amide bonds. The van der Waals surface area contributed by atoms with Gasteiger partial charge in [-0.3, -0.25) is 4.68 Å². The molecule has 0 saturated heterocycles. The molecule has 0 aliphatic heterocycles. The van der Waals surface area contributed by atoms with Gasteiger partial charge in [0.25, 0.3) is 0 Å². The Balaban J connectivity index is 3.12. The molecule has 17 heavy (non-hydrogen) atoms. The minimum atomic E-state index is -1.43. The van der Waals surface area contributed by atoms with E-state index in [-0.39, 0.29) is 13.0 Å². The summed E-state index contributed by atoms with van der Waals surface area (Å²) in [6.45, 7) is 7.52. The van der Waals surface area contributed by atoms with Gasteiger partial charge in [0.1, 0.15) is 5.67 Å². The standard InChI is InChI=1S/C12H21BrFN3/c1-8-10(13)9(17(5)16-8)6-12(14,7-15)11(2,3)4/h6-7,15H2,1-5H3. The minimum Gasteiger partial charge on any atom is -0.327 e. The highest BCUT2D eigenvalue weighted by molar-refractivity contribution is 9.10. The minimum absolute atomic E-state index is 0.00711. The molecule has 0 saturated carbocycles. The van der Waals surface area contributed by atoms with E-state index in [9.17, 15) is 4.39 Å². The van der Waals surface area contributed by atoms with Crippen molar-refractivity contribution in [1.82, 2.24) is 9.78 Å². The summed E-state index contributed by atoms with van der Waals surface area (Å²) in [5.74, 6) is 0. The van der Waals surface area contributed by atoms with E-state index >= 15 is 0 Å². The van der Waals surface area contributed by atoms with Crippen molar-refractivity contribution in [3.63, 3.8) is 0 Å². The Bertz CT molecular complexity index is 409. The molecule has 1 atom stereocenters. The second kappa shape index (κ2) is 4.69. The molecule has 0 fully saturated rings. The van der Waals surface area contributed by atoms with Crippen molar-refractivity contribution >= 4 is 15.9 Å². The second-order valence-corrected chi connectivity index (χ2v) is 6.36. The summed E-state index contributed by atoms with van der Waals surface area (Å²) in [5.41, 5.74) is 5.42. The Kier molecular flexibility index (Phi) is 4.04. The Labute approximate surface area is 111 Å². The van der Waals surface area contributed by atoms with Gasteiger partial charge in [0.15, 0.2) is 0 Å². The molecular weight excluding hydrogens is 285 g/mol. The Morgan fingerprint density at radius 2 is 1.94 bits per heavy atom. The first-order valence-electron chi connectivity index (χ1n) is 5.69. The molecule has 98 valence electrons. The molecule has 1 heterocycles. The van der Waals surface area contributed by atoms with Crippen molar-refractivity contribution in [3.8, 4) is 0 Å². The summed E-state index contributed by atoms with van der Waals surface area (Å²) in [6.07, 6.45) is 0.269. The molecule has 5 heteroatoms. The van der Waals surface area contributed by atoms with Gasteiger partial charge in [0.2, 0.25) is 0 Å². The lowest BCUT2D eigenvalue weighted by atomic mass is 9.75. The molecule has 0 aliphatic carbocycles. The van der Waals surface area contributed by atoms with Crippen molar-refractivity contribution in [2.24, 2.45) is 18.2 Å². The number of nitrogens with two attached hydrogens (primary N) is 1. The number of nitrogens with zero attached hydrogens (tertiary/aromatic N) is 2. The molecule has 1 unspecified atom stereocenters. The first kappa shape index (κ1) is 14.6. The number of alkyl halides is 1. The number of halogens is 2. The predicted molar refractivity (Wildman–Crippen MR) is 71.7 cm³/mol. The van der Waals surface area contributed by atoms with Crippen LogP contribution in [0.3, 0.4) is 0 Å². The van der Waals surface area contributed by atoms with E-state index in [2.05, 4.69) is 21.0 Å². The monoisotopic (exact) mass is 305 g/mol. The molecule has 1 aromatic rings. The predicted octanol–water partition coefficient (Wildman–Crippen LogP) is 2.75. The maximum absolute atomic E-state index is 14.9. The maximum atomic E-state index is 14.9. The SMILES string of the molecule is Cc1nn(C)c(CC(F)(CN)C(C)(C)C)c1Br. The van der Waals surface area contributed by atoms with Crippen LogP contribution >= 0.6 is 15.9 Å². The van der Waals surface area contributed by atoms with Gasteiger partial charge in [-0.15, -0.1) is 0 Å². The Hall–Kier alpha value is -0.420. The van der Waals surface area contributed by atoms with Gasteiger partial charge < -0.3 is 5.73 Å². The van der Waals surface area contributed by atoms with Crippen LogP contribution in [0.25, 0.3) is 0 Å². The lowest BCUT2D eigenvalue weighted by molar-refractivity contribution is 0.0363. The summed E-state index contributed by atoms with van der Waals surface area (Å²) < 4.78 is 17.5. The summed E-state index contributed by atoms with van der Waals surface area (Å²) in [4.78, 5) is 0. The number of aryl methyl sites for hydroxylation is 2. The van der Waals surface area contributed by atoms with Crippen LogP contribution in [-0.2, 0) is 13.5 Å². The highest BCUT2D eigenvalue weighted by Gasteiger charge is 2.42. The molecule has 0 bridgehead atoms. The van der Waals surface area contributed by atoms with Crippen LogP contribution in [0, 0.1) is 12.3 Å². The zero-order valence-electron chi connectivity index (χ0n) is 11.1. The van der Waals surface area contributed by atoms with Gasteiger partial charge >= 0.3 is 0 Å². The second-order valence-electron chi connectivity index (χ2n) is 5.57. The van der Waals surface area contributed by atoms with Crippen molar-refractivity contribution in [2.45, 2.75) is 39.8 Å². The van der Waals surface area contributed by atoms with Gasteiger partial charge in [-0.25, -0.2) is 4.39 Å². The molecular formula is C12H21BrFN3. The average Bonchev–Trinajstić information content (AvgIpc) is 2.43. The van der Waals surface area contributed by atoms with Crippen LogP contribution < -0.4 is 5.73 Å². The summed E-state index contributed by atoms with van der Waals surface area (Å²) in [7, 11) is 1.83. The number of hydrogen-bond acceptors (Lipinski definition) is 2. The van der Waals surface area contributed by atoms with E-state index in [0.717, 1.165) is 15.9 Å². The third-order valence-corrected chi connectivity index (χ3v) is 4.41. The van der Waals surface area contributed by atoms with Gasteiger partial charge in [-0.2, -0.15) is 5.10 Å². The lowest BCUT2D eigenvalue weighted by Crippen LogP contribution is -2.47.